The van der Waals surface area contributed by atoms with Gasteiger partial charge in [0.05, 0.1) is 7.11 Å². The summed E-state index contributed by atoms with van der Waals surface area (Å²) < 4.78 is 4.96. The van der Waals surface area contributed by atoms with Crippen LogP contribution in [0.5, 0.6) is 5.75 Å². The third-order valence-corrected chi connectivity index (χ3v) is 2.84. The van der Waals surface area contributed by atoms with Crippen molar-refractivity contribution < 1.29 is 29.3 Å². The highest BCUT2D eigenvalue weighted by Gasteiger charge is 2.20. The highest BCUT2D eigenvalue weighted by molar-refractivity contribution is 5.96. The molecular weight excluding hydrogens is 278 g/mol. The first-order chi connectivity index (χ1) is 9.93. The zero-order valence-corrected chi connectivity index (χ0v) is 11.5. The molecule has 1 rings (SSSR count). The number of ether oxygens (including phenoxy) is 1. The fraction of sp³-hybridized carbons (Fsp3) is 0.357. The van der Waals surface area contributed by atoms with Crippen LogP contribution in [0.3, 0.4) is 0 Å². The Bertz CT molecular complexity index is 511. The van der Waals surface area contributed by atoms with Gasteiger partial charge in [-0.1, -0.05) is 0 Å². The Morgan fingerprint density at radius 2 is 1.81 bits per heavy atom. The average molecular weight is 295 g/mol. The number of carboxylic acids is 2. The second-order valence-electron chi connectivity index (χ2n) is 4.38. The molecule has 7 heteroatoms. The Morgan fingerprint density at radius 1 is 1.19 bits per heavy atom. The number of hydrogen-bond donors (Lipinski definition) is 3. The van der Waals surface area contributed by atoms with Gasteiger partial charge < -0.3 is 20.3 Å². The molecule has 1 aromatic rings. The normalized spacial score (nSPS) is 11.5. The molecule has 0 spiro atoms. The smallest absolute Gasteiger partial charge is 0.326 e. The van der Waals surface area contributed by atoms with Crippen LogP contribution in [0.4, 0.5) is 0 Å². The van der Waals surface area contributed by atoms with Crippen LogP contribution in [0.25, 0.3) is 0 Å². The average Bonchev–Trinajstić information content (AvgIpc) is 2.45. The lowest BCUT2D eigenvalue weighted by atomic mass is 10.1. The second kappa shape index (κ2) is 7.88. The first kappa shape index (κ1) is 16.5. The van der Waals surface area contributed by atoms with Gasteiger partial charge in [0, 0.05) is 12.0 Å². The van der Waals surface area contributed by atoms with E-state index >= 15 is 0 Å². The summed E-state index contributed by atoms with van der Waals surface area (Å²) in [5.41, 5.74) is 0.306. The van der Waals surface area contributed by atoms with Gasteiger partial charge in [0.1, 0.15) is 11.8 Å². The molecule has 1 aromatic carbocycles. The molecule has 21 heavy (non-hydrogen) atoms. The predicted molar refractivity (Wildman–Crippen MR) is 73.4 cm³/mol. The molecule has 3 N–H and O–H groups in total. The number of benzene rings is 1. The first-order valence-corrected chi connectivity index (χ1v) is 6.33. The lowest BCUT2D eigenvalue weighted by Crippen LogP contribution is -2.40. The van der Waals surface area contributed by atoms with Crippen LogP contribution in [-0.4, -0.2) is 41.2 Å². The van der Waals surface area contributed by atoms with E-state index < -0.39 is 23.9 Å². The third-order valence-electron chi connectivity index (χ3n) is 2.84. The predicted octanol–water partition coefficient (Wildman–Crippen LogP) is 1.13. The van der Waals surface area contributed by atoms with Crippen molar-refractivity contribution in [3.8, 4) is 5.75 Å². The maximum absolute atomic E-state index is 11.9. The molecule has 0 saturated heterocycles. The van der Waals surface area contributed by atoms with Crippen molar-refractivity contribution in [3.05, 3.63) is 29.8 Å². The molecule has 0 radical (unpaired) electrons. The van der Waals surface area contributed by atoms with E-state index in [-0.39, 0.29) is 19.3 Å². The summed E-state index contributed by atoms with van der Waals surface area (Å²) in [4.78, 5) is 33.4. The quantitative estimate of drug-likeness (QED) is 0.662. The summed E-state index contributed by atoms with van der Waals surface area (Å²) in [7, 11) is 1.50. The molecule has 0 bridgehead atoms. The van der Waals surface area contributed by atoms with Gasteiger partial charge in [-0.25, -0.2) is 4.79 Å². The SMILES string of the molecule is COc1ccc(C(=O)N[C@H](CCCC(=O)O)C(=O)O)cc1. The van der Waals surface area contributed by atoms with Crippen LogP contribution in [-0.2, 0) is 9.59 Å². The number of hydrogen-bond acceptors (Lipinski definition) is 4. The van der Waals surface area contributed by atoms with Crippen LogP contribution in [0, 0.1) is 0 Å². The van der Waals surface area contributed by atoms with Crippen LogP contribution >= 0.6 is 0 Å². The number of aliphatic carboxylic acids is 2. The van der Waals surface area contributed by atoms with Gasteiger partial charge in [0.25, 0.3) is 5.91 Å². The van der Waals surface area contributed by atoms with E-state index in [2.05, 4.69) is 5.32 Å². The first-order valence-electron chi connectivity index (χ1n) is 6.33. The minimum Gasteiger partial charge on any atom is -0.497 e. The number of carboxylic acid groups (broad SMARTS) is 2. The lowest BCUT2D eigenvalue weighted by molar-refractivity contribution is -0.140. The molecular formula is C14H17NO6. The molecule has 7 nitrogen and oxygen atoms in total. The van der Waals surface area contributed by atoms with E-state index in [1.807, 2.05) is 0 Å². The molecule has 1 atom stereocenters. The fourth-order valence-electron chi connectivity index (χ4n) is 1.70. The fourth-order valence-corrected chi connectivity index (χ4v) is 1.70. The van der Waals surface area contributed by atoms with Crippen molar-refractivity contribution in [2.75, 3.05) is 7.11 Å². The molecule has 0 unspecified atom stereocenters. The Balaban J connectivity index is 2.62. The van der Waals surface area contributed by atoms with Crippen LogP contribution in [0.2, 0.25) is 0 Å². The number of amides is 1. The van der Waals surface area contributed by atoms with Crippen molar-refractivity contribution >= 4 is 17.8 Å². The molecule has 0 aliphatic rings. The summed E-state index contributed by atoms with van der Waals surface area (Å²) in [5, 5.41) is 19.9. The van der Waals surface area contributed by atoms with E-state index in [9.17, 15) is 14.4 Å². The van der Waals surface area contributed by atoms with E-state index in [1.54, 1.807) is 12.1 Å². The Morgan fingerprint density at radius 3 is 2.29 bits per heavy atom. The Hall–Kier alpha value is -2.57. The highest BCUT2D eigenvalue weighted by Crippen LogP contribution is 2.12. The maximum Gasteiger partial charge on any atom is 0.326 e. The number of nitrogens with one attached hydrogen (secondary N) is 1. The van der Waals surface area contributed by atoms with Gasteiger partial charge in [-0.3, -0.25) is 9.59 Å². The second-order valence-corrected chi connectivity index (χ2v) is 4.38. The van der Waals surface area contributed by atoms with Gasteiger partial charge in [0.2, 0.25) is 0 Å². The molecule has 0 fully saturated rings. The largest absolute Gasteiger partial charge is 0.497 e. The van der Waals surface area contributed by atoms with Crippen LogP contribution in [0.1, 0.15) is 29.6 Å². The van der Waals surface area contributed by atoms with Crippen LogP contribution < -0.4 is 10.1 Å². The van der Waals surface area contributed by atoms with E-state index in [0.717, 1.165) is 0 Å². The van der Waals surface area contributed by atoms with E-state index in [4.69, 9.17) is 14.9 Å². The summed E-state index contributed by atoms with van der Waals surface area (Å²) >= 11 is 0. The van der Waals surface area contributed by atoms with Gasteiger partial charge in [0.15, 0.2) is 0 Å². The molecule has 0 aromatic heterocycles. The van der Waals surface area contributed by atoms with Gasteiger partial charge in [-0.05, 0) is 37.1 Å². The van der Waals surface area contributed by atoms with Crippen molar-refractivity contribution in [2.45, 2.75) is 25.3 Å². The minimum absolute atomic E-state index is 0.0591. The summed E-state index contributed by atoms with van der Waals surface area (Å²) in [5.74, 6) is -2.13. The van der Waals surface area contributed by atoms with Crippen molar-refractivity contribution in [1.29, 1.82) is 0 Å². The molecule has 0 aliphatic heterocycles. The van der Waals surface area contributed by atoms with E-state index in [1.165, 1.54) is 19.2 Å². The number of carbonyl (C=O) groups excluding carboxylic acids is 1. The minimum atomic E-state index is -1.19. The zero-order chi connectivity index (χ0) is 15.8. The summed E-state index contributed by atoms with van der Waals surface area (Å²) in [6.07, 6.45) is 0.0981. The van der Waals surface area contributed by atoms with Crippen molar-refractivity contribution in [1.82, 2.24) is 5.32 Å². The number of carbonyl (C=O) groups is 3. The standard InChI is InChI=1S/C14H17NO6/c1-21-10-7-5-9(6-8-10)13(18)15-11(14(19)20)3-2-4-12(16)17/h5-8,11H,2-4H2,1H3,(H,15,18)(H,16,17)(H,19,20)/t11-/m1/s1. The zero-order valence-electron chi connectivity index (χ0n) is 11.5. The van der Waals surface area contributed by atoms with Crippen molar-refractivity contribution in [2.24, 2.45) is 0 Å². The molecule has 0 saturated carbocycles. The molecule has 1 amide bonds. The van der Waals surface area contributed by atoms with Crippen LogP contribution in [0.15, 0.2) is 24.3 Å². The highest BCUT2D eigenvalue weighted by atomic mass is 16.5. The monoisotopic (exact) mass is 295 g/mol. The molecule has 0 heterocycles. The third kappa shape index (κ3) is 5.52. The maximum atomic E-state index is 11.9. The Labute approximate surface area is 121 Å². The van der Waals surface area contributed by atoms with Gasteiger partial charge >= 0.3 is 11.9 Å². The number of methoxy groups -OCH3 is 1. The molecule has 114 valence electrons. The Kier molecular flexibility index (Phi) is 6.19. The van der Waals surface area contributed by atoms with Gasteiger partial charge in [-0.2, -0.15) is 0 Å². The summed E-state index contributed by atoms with van der Waals surface area (Å²) in [6.45, 7) is 0. The molecule has 0 aliphatic carbocycles. The number of rotatable bonds is 8. The van der Waals surface area contributed by atoms with Gasteiger partial charge in [-0.15, -0.1) is 0 Å². The van der Waals surface area contributed by atoms with Crippen molar-refractivity contribution in [3.63, 3.8) is 0 Å². The lowest BCUT2D eigenvalue weighted by Gasteiger charge is -2.14. The van der Waals surface area contributed by atoms with E-state index in [0.29, 0.717) is 11.3 Å². The summed E-state index contributed by atoms with van der Waals surface area (Å²) in [6, 6.07) is 5.11. The topological polar surface area (TPSA) is 113 Å².